The first-order valence-electron chi connectivity index (χ1n) is 14.7. The fraction of sp³-hybridized carbons (Fsp3) is 0.800. The highest BCUT2D eigenvalue weighted by Crippen LogP contribution is 2.57. The van der Waals surface area contributed by atoms with Crippen molar-refractivity contribution in [2.45, 2.75) is 155 Å². The van der Waals surface area contributed by atoms with E-state index < -0.39 is 30.4 Å². The van der Waals surface area contributed by atoms with Crippen molar-refractivity contribution >= 4 is 51.1 Å². The molecular weight excluding hydrogens is 473 g/mol. The first kappa shape index (κ1) is 28.7. The van der Waals surface area contributed by atoms with Gasteiger partial charge in [0.2, 0.25) is 0 Å². The Morgan fingerprint density at radius 2 is 0.412 bits per heavy atom. The van der Waals surface area contributed by atoms with Crippen molar-refractivity contribution in [2.24, 2.45) is 0 Å². The number of hydrogen-bond acceptors (Lipinski definition) is 0. The summed E-state index contributed by atoms with van der Waals surface area (Å²) in [5, 5.41) is 7.83. The van der Waals surface area contributed by atoms with E-state index in [4.69, 9.17) is 0 Å². The summed E-state index contributed by atoms with van der Waals surface area (Å²) in [6.07, 6.45) is 0. The van der Waals surface area contributed by atoms with Crippen molar-refractivity contribution in [1.82, 2.24) is 0 Å². The fourth-order valence-corrected chi connectivity index (χ4v) is 66.8. The highest BCUT2D eigenvalue weighted by atomic mass is 29.3. The van der Waals surface area contributed by atoms with Gasteiger partial charge in [0.15, 0.2) is 0 Å². The molecule has 0 N–H and O–H groups in total. The zero-order valence-electron chi connectivity index (χ0n) is 25.8. The van der Waals surface area contributed by atoms with Crippen LogP contribution in [0.3, 0.4) is 0 Å². The molecular formula is C30H58Si4. The molecule has 1 aromatic carbocycles. The Morgan fingerprint density at radius 1 is 0.294 bits per heavy atom. The summed E-state index contributed by atoms with van der Waals surface area (Å²) in [4.78, 5) is 0. The molecule has 0 atom stereocenters. The Kier molecular flexibility index (Phi) is 7.45. The van der Waals surface area contributed by atoms with Crippen LogP contribution in [0.2, 0.25) is 44.3 Å². The van der Waals surface area contributed by atoms with Crippen LogP contribution >= 0.6 is 0 Å². The highest BCUT2D eigenvalue weighted by molar-refractivity contribution is 7.62. The molecule has 2 aliphatic heterocycles. The Labute approximate surface area is 217 Å². The van der Waals surface area contributed by atoms with E-state index in [1.54, 1.807) is 0 Å². The van der Waals surface area contributed by atoms with Gasteiger partial charge < -0.3 is 0 Å². The average Bonchev–Trinajstić information content (AvgIpc) is 2.62. The molecule has 0 bridgehead atoms. The smallest absolute Gasteiger partial charge is 0.0650 e. The van der Waals surface area contributed by atoms with Gasteiger partial charge in [-0.15, -0.1) is 0 Å². The lowest BCUT2D eigenvalue weighted by atomic mass is 10.3. The molecule has 3 rings (SSSR count). The number of fused-ring (bicyclic) bond motifs is 2. The molecule has 0 fully saturated rings. The van der Waals surface area contributed by atoms with Crippen molar-refractivity contribution in [1.29, 1.82) is 0 Å². The highest BCUT2D eigenvalue weighted by Gasteiger charge is 2.75. The summed E-state index contributed by atoms with van der Waals surface area (Å²) < 4.78 is 0. The minimum Gasteiger partial charge on any atom is -0.0650 e. The average molecular weight is 531 g/mol. The summed E-state index contributed by atoms with van der Waals surface area (Å²) in [5.41, 5.74) is 6.78. The maximum absolute atomic E-state index is 2.97. The van der Waals surface area contributed by atoms with Crippen molar-refractivity contribution in [3.8, 4) is 0 Å². The van der Waals surface area contributed by atoms with E-state index >= 15 is 0 Å². The third kappa shape index (κ3) is 2.76. The van der Waals surface area contributed by atoms with Crippen LogP contribution in [-0.2, 0) is 0 Å². The predicted octanol–water partition coefficient (Wildman–Crippen LogP) is 7.77. The van der Waals surface area contributed by atoms with Crippen LogP contribution < -0.4 is 20.7 Å². The van der Waals surface area contributed by atoms with Gasteiger partial charge in [-0.3, -0.25) is 0 Å². The topological polar surface area (TPSA) is 0 Å². The molecule has 0 spiro atoms. The number of benzene rings is 1. The van der Waals surface area contributed by atoms with E-state index in [0.717, 1.165) is 44.3 Å². The predicted molar refractivity (Wildman–Crippen MR) is 169 cm³/mol. The second-order valence-electron chi connectivity index (χ2n) is 14.7. The van der Waals surface area contributed by atoms with Gasteiger partial charge in [-0.1, -0.05) is 144 Å². The summed E-state index contributed by atoms with van der Waals surface area (Å²) >= 11 is 0. The Bertz CT molecular complexity index is 742. The van der Waals surface area contributed by atoms with Gasteiger partial charge >= 0.3 is 0 Å². The molecule has 194 valence electrons. The van der Waals surface area contributed by atoms with Crippen LogP contribution in [0.4, 0.5) is 0 Å². The molecule has 0 aliphatic carbocycles. The number of hydrogen-bond donors (Lipinski definition) is 0. The lowest BCUT2D eigenvalue weighted by molar-refractivity contribution is 0.870. The van der Waals surface area contributed by atoms with Gasteiger partial charge in [-0.05, 0) is 44.3 Å². The van der Waals surface area contributed by atoms with Gasteiger partial charge in [0.25, 0.3) is 0 Å². The van der Waals surface area contributed by atoms with Crippen molar-refractivity contribution in [2.75, 3.05) is 0 Å². The molecule has 4 heteroatoms. The molecule has 2 heterocycles. The van der Waals surface area contributed by atoms with E-state index in [0.29, 0.717) is 0 Å². The molecule has 2 aliphatic rings. The zero-order valence-corrected chi connectivity index (χ0v) is 29.8. The Balaban J connectivity index is 2.55. The SMILES string of the molecule is CC(C)[Si]1(C(C)C)c2cc3c(cc2[Si]1(C(C)C)C(C)C)[Si](C(C)C)(C(C)C)[Si]3(C(C)C)C(C)C. The lowest BCUT2D eigenvalue weighted by Gasteiger charge is -2.71. The number of rotatable bonds is 8. The molecule has 34 heavy (non-hydrogen) atoms. The van der Waals surface area contributed by atoms with E-state index in [9.17, 15) is 0 Å². The minimum atomic E-state index is -1.60. The van der Waals surface area contributed by atoms with Crippen molar-refractivity contribution in [3.05, 3.63) is 12.1 Å². The summed E-state index contributed by atoms with van der Waals surface area (Å²) in [7, 11) is -6.40. The summed E-state index contributed by atoms with van der Waals surface area (Å²) in [6.45, 7) is 42.0. The van der Waals surface area contributed by atoms with E-state index in [-0.39, 0.29) is 0 Å². The first-order chi connectivity index (χ1) is 15.5. The minimum absolute atomic E-state index is 0.848. The van der Waals surface area contributed by atoms with Crippen LogP contribution in [0.15, 0.2) is 12.1 Å². The summed E-state index contributed by atoms with van der Waals surface area (Å²) in [6, 6.07) is 5.93. The Hall–Kier alpha value is 0.0875. The van der Waals surface area contributed by atoms with Gasteiger partial charge in [-0.25, -0.2) is 0 Å². The normalized spacial score (nSPS) is 21.6. The van der Waals surface area contributed by atoms with Gasteiger partial charge in [0.05, 0.1) is 30.4 Å². The zero-order chi connectivity index (χ0) is 26.3. The molecule has 0 radical (unpaired) electrons. The van der Waals surface area contributed by atoms with Crippen LogP contribution in [0, 0.1) is 0 Å². The maximum Gasteiger partial charge on any atom is 0.0908 e. The Morgan fingerprint density at radius 3 is 0.500 bits per heavy atom. The maximum atomic E-state index is 2.97. The van der Waals surface area contributed by atoms with Crippen LogP contribution in [0.5, 0.6) is 0 Å². The summed E-state index contributed by atoms with van der Waals surface area (Å²) in [5.74, 6) is 0. The lowest BCUT2D eigenvalue weighted by Crippen LogP contribution is -2.99. The molecule has 1 aromatic rings. The van der Waals surface area contributed by atoms with Crippen LogP contribution in [0.1, 0.15) is 111 Å². The largest absolute Gasteiger partial charge is 0.0908 e. The quantitative estimate of drug-likeness (QED) is 0.301. The van der Waals surface area contributed by atoms with Crippen molar-refractivity contribution < 1.29 is 0 Å². The van der Waals surface area contributed by atoms with E-state index in [1.165, 1.54) is 0 Å². The third-order valence-electron chi connectivity index (χ3n) is 11.6. The third-order valence-corrected chi connectivity index (χ3v) is 59.9. The van der Waals surface area contributed by atoms with Crippen LogP contribution in [-0.4, -0.2) is 30.4 Å². The van der Waals surface area contributed by atoms with E-state index in [2.05, 4.69) is 123 Å². The monoisotopic (exact) mass is 530 g/mol. The van der Waals surface area contributed by atoms with Gasteiger partial charge in [0, 0.05) is 0 Å². The van der Waals surface area contributed by atoms with E-state index in [1.807, 2.05) is 20.7 Å². The molecule has 0 unspecified atom stereocenters. The molecule has 0 saturated heterocycles. The van der Waals surface area contributed by atoms with Crippen molar-refractivity contribution in [3.63, 3.8) is 0 Å². The second-order valence-corrected chi connectivity index (χ2v) is 42.9. The molecule has 0 nitrogen and oxygen atoms in total. The molecule has 0 saturated carbocycles. The first-order valence-corrected chi connectivity index (χ1v) is 25.3. The van der Waals surface area contributed by atoms with Gasteiger partial charge in [-0.2, -0.15) is 0 Å². The van der Waals surface area contributed by atoms with Gasteiger partial charge in [0.1, 0.15) is 0 Å². The fourth-order valence-electron chi connectivity index (χ4n) is 11.7. The molecule has 0 aromatic heterocycles. The van der Waals surface area contributed by atoms with Crippen LogP contribution in [0.25, 0.3) is 0 Å². The molecule has 0 amide bonds. The second kappa shape index (κ2) is 8.84. The standard InChI is InChI=1S/C30H58Si4/c1-19(2)31(20(3)4)27-17-29-30(18-28(27)32(31,21(5)6)22(7)8)34(25(13)14,26(15)16)33(29,23(9)10)24(11)12/h17-26H,1-16H3.